The average molecular weight is 604 g/mol. The van der Waals surface area contributed by atoms with Crippen LogP contribution in [0.4, 0.5) is 0 Å². The molecule has 1 aliphatic heterocycles. The van der Waals surface area contributed by atoms with Crippen LogP contribution in [0.25, 0.3) is 0 Å². The quantitative estimate of drug-likeness (QED) is 0.0671. The smallest absolute Gasteiger partial charge is 0.0667 e. The highest BCUT2D eigenvalue weighted by atomic mass is 33.1. The molecule has 40 heavy (non-hydrogen) atoms. The largest absolute Gasteiger partial charge is 0.392 e. The lowest BCUT2D eigenvalue weighted by Crippen LogP contribution is -2.47. The van der Waals surface area contributed by atoms with Gasteiger partial charge in [0, 0.05) is 57.3 Å². The zero-order chi connectivity index (χ0) is 29.1. The van der Waals surface area contributed by atoms with Gasteiger partial charge in [-0.25, -0.2) is 0 Å². The SMILES string of the molecule is CCCCCCCCC(O)CN(CCCCSSCCN1CCN(CCC)CC1)CC(O)CCCCCCCC. The van der Waals surface area contributed by atoms with Gasteiger partial charge < -0.3 is 15.1 Å². The fourth-order valence-electron chi connectivity index (χ4n) is 5.69. The van der Waals surface area contributed by atoms with Crippen LogP contribution in [0.15, 0.2) is 0 Å². The summed E-state index contributed by atoms with van der Waals surface area (Å²) in [4.78, 5) is 7.59. The van der Waals surface area contributed by atoms with Gasteiger partial charge in [0.1, 0.15) is 0 Å². The van der Waals surface area contributed by atoms with Crippen molar-refractivity contribution in [1.82, 2.24) is 14.7 Å². The molecular weight excluding hydrogens is 535 g/mol. The Balaban J connectivity index is 2.22. The standard InChI is InChI=1S/C33H69N3O2S2/c1-4-7-9-11-13-15-19-32(37)30-36(31-33(38)20-16-14-12-10-8-5-2)22-17-18-28-39-40-29-27-35-25-23-34(21-6-3)24-26-35/h32-33,37-38H,4-31H2,1-3H3. The van der Waals surface area contributed by atoms with Crippen molar-refractivity contribution in [2.75, 3.05) is 70.4 Å². The molecule has 0 bridgehead atoms. The van der Waals surface area contributed by atoms with E-state index in [-0.39, 0.29) is 12.2 Å². The van der Waals surface area contributed by atoms with E-state index in [1.807, 2.05) is 21.6 Å². The third-order valence-corrected chi connectivity index (χ3v) is 10.7. The summed E-state index contributed by atoms with van der Waals surface area (Å²) in [6, 6.07) is 0. The molecule has 0 amide bonds. The molecule has 7 heteroatoms. The molecule has 0 aliphatic carbocycles. The number of hydrogen-bond acceptors (Lipinski definition) is 7. The highest BCUT2D eigenvalue weighted by Crippen LogP contribution is 2.23. The molecule has 2 unspecified atom stereocenters. The first-order chi connectivity index (χ1) is 19.6. The minimum atomic E-state index is -0.263. The topological polar surface area (TPSA) is 50.2 Å². The first-order valence-electron chi connectivity index (χ1n) is 17.4. The van der Waals surface area contributed by atoms with Crippen LogP contribution in [0.2, 0.25) is 0 Å². The van der Waals surface area contributed by atoms with Gasteiger partial charge >= 0.3 is 0 Å². The fourth-order valence-corrected chi connectivity index (χ4v) is 7.86. The number of rotatable bonds is 29. The van der Waals surface area contributed by atoms with E-state index in [0.29, 0.717) is 0 Å². The van der Waals surface area contributed by atoms with E-state index < -0.39 is 0 Å². The summed E-state index contributed by atoms with van der Waals surface area (Å²) in [7, 11) is 4.07. The van der Waals surface area contributed by atoms with Gasteiger partial charge in [0.25, 0.3) is 0 Å². The first-order valence-corrected chi connectivity index (χ1v) is 19.8. The fraction of sp³-hybridized carbons (Fsp3) is 1.00. The van der Waals surface area contributed by atoms with Crippen molar-refractivity contribution < 1.29 is 10.2 Å². The van der Waals surface area contributed by atoms with Crippen molar-refractivity contribution in [3.63, 3.8) is 0 Å². The lowest BCUT2D eigenvalue weighted by molar-refractivity contribution is 0.0599. The van der Waals surface area contributed by atoms with E-state index in [0.717, 1.165) is 51.7 Å². The highest BCUT2D eigenvalue weighted by Gasteiger charge is 2.17. The molecule has 1 heterocycles. The first kappa shape index (κ1) is 38.5. The van der Waals surface area contributed by atoms with E-state index in [9.17, 15) is 10.2 Å². The number of nitrogens with zero attached hydrogens (tertiary/aromatic N) is 3. The molecular formula is C33H69N3O2S2. The lowest BCUT2D eigenvalue weighted by atomic mass is 10.1. The molecule has 240 valence electrons. The van der Waals surface area contributed by atoms with E-state index in [1.165, 1.54) is 128 Å². The Hall–Kier alpha value is 0.500. The number of piperazine rings is 1. The summed E-state index contributed by atoms with van der Waals surface area (Å²) < 4.78 is 0. The zero-order valence-electron chi connectivity index (χ0n) is 27.0. The molecule has 0 radical (unpaired) electrons. The Morgan fingerprint density at radius 2 is 1.02 bits per heavy atom. The maximum absolute atomic E-state index is 10.7. The molecule has 0 aromatic heterocycles. The molecule has 2 atom stereocenters. The van der Waals surface area contributed by atoms with Crippen molar-refractivity contribution in [3.8, 4) is 0 Å². The van der Waals surface area contributed by atoms with Crippen LogP contribution in [0, 0.1) is 0 Å². The monoisotopic (exact) mass is 603 g/mol. The Morgan fingerprint density at radius 1 is 0.550 bits per heavy atom. The zero-order valence-corrected chi connectivity index (χ0v) is 28.6. The highest BCUT2D eigenvalue weighted by molar-refractivity contribution is 8.76. The predicted octanol–water partition coefficient (Wildman–Crippen LogP) is 7.70. The number of unbranched alkanes of at least 4 members (excludes halogenated alkanes) is 11. The molecule has 1 aliphatic rings. The van der Waals surface area contributed by atoms with E-state index >= 15 is 0 Å². The molecule has 5 nitrogen and oxygen atoms in total. The van der Waals surface area contributed by atoms with Crippen LogP contribution < -0.4 is 0 Å². The van der Waals surface area contributed by atoms with Crippen LogP contribution in [0.5, 0.6) is 0 Å². The van der Waals surface area contributed by atoms with Crippen LogP contribution in [-0.4, -0.2) is 108 Å². The Morgan fingerprint density at radius 3 is 1.55 bits per heavy atom. The summed E-state index contributed by atoms with van der Waals surface area (Å²) in [5.41, 5.74) is 0. The molecule has 1 fully saturated rings. The van der Waals surface area contributed by atoms with Crippen molar-refractivity contribution in [3.05, 3.63) is 0 Å². The average Bonchev–Trinajstić information content (AvgIpc) is 2.95. The maximum Gasteiger partial charge on any atom is 0.0667 e. The van der Waals surface area contributed by atoms with Crippen LogP contribution in [-0.2, 0) is 0 Å². The lowest BCUT2D eigenvalue weighted by Gasteiger charge is -2.34. The number of aliphatic hydroxyl groups excluding tert-OH is 2. The van der Waals surface area contributed by atoms with E-state index in [1.54, 1.807) is 0 Å². The minimum absolute atomic E-state index is 0.263. The summed E-state index contributed by atoms with van der Waals surface area (Å²) in [5, 5.41) is 21.5. The van der Waals surface area contributed by atoms with Gasteiger partial charge in [0.05, 0.1) is 12.2 Å². The van der Waals surface area contributed by atoms with Crippen LogP contribution >= 0.6 is 21.6 Å². The molecule has 1 saturated heterocycles. The molecule has 0 spiro atoms. The maximum atomic E-state index is 10.7. The van der Waals surface area contributed by atoms with Crippen molar-refractivity contribution in [2.24, 2.45) is 0 Å². The van der Waals surface area contributed by atoms with Gasteiger partial charge in [-0.1, -0.05) is 119 Å². The second-order valence-corrected chi connectivity index (χ2v) is 14.9. The summed E-state index contributed by atoms with van der Waals surface area (Å²) in [6.07, 6.45) is 20.1. The predicted molar refractivity (Wildman–Crippen MR) is 182 cm³/mol. The van der Waals surface area contributed by atoms with E-state index in [4.69, 9.17) is 0 Å². The molecule has 0 aromatic carbocycles. The van der Waals surface area contributed by atoms with Gasteiger partial charge in [0.15, 0.2) is 0 Å². The molecule has 2 N–H and O–H groups in total. The van der Waals surface area contributed by atoms with Crippen molar-refractivity contribution in [2.45, 2.75) is 142 Å². The molecule has 0 aromatic rings. The van der Waals surface area contributed by atoms with Gasteiger partial charge in [-0.15, -0.1) is 0 Å². The van der Waals surface area contributed by atoms with Gasteiger partial charge in [-0.05, 0) is 45.2 Å². The third kappa shape index (κ3) is 23.0. The van der Waals surface area contributed by atoms with Crippen molar-refractivity contribution in [1.29, 1.82) is 0 Å². The summed E-state index contributed by atoms with van der Waals surface area (Å²) in [5.74, 6) is 2.42. The van der Waals surface area contributed by atoms with Crippen molar-refractivity contribution >= 4 is 21.6 Å². The third-order valence-electron chi connectivity index (χ3n) is 8.25. The normalized spacial score (nSPS) is 16.6. The van der Waals surface area contributed by atoms with Crippen LogP contribution in [0.3, 0.4) is 0 Å². The van der Waals surface area contributed by atoms with Gasteiger partial charge in [-0.3, -0.25) is 9.80 Å². The Kier molecular flexibility index (Phi) is 27.2. The Labute approximate surface area is 258 Å². The Bertz CT molecular complexity index is 500. The minimum Gasteiger partial charge on any atom is -0.392 e. The second kappa shape index (κ2) is 28.3. The summed E-state index contributed by atoms with van der Waals surface area (Å²) >= 11 is 0. The van der Waals surface area contributed by atoms with Gasteiger partial charge in [0.2, 0.25) is 0 Å². The van der Waals surface area contributed by atoms with Crippen LogP contribution in [0.1, 0.15) is 130 Å². The number of aliphatic hydroxyl groups is 2. The second-order valence-electron chi connectivity index (χ2n) is 12.2. The molecule has 1 rings (SSSR count). The van der Waals surface area contributed by atoms with Gasteiger partial charge in [-0.2, -0.15) is 0 Å². The van der Waals surface area contributed by atoms with E-state index in [2.05, 4.69) is 35.5 Å². The summed E-state index contributed by atoms with van der Waals surface area (Å²) in [6.45, 7) is 16.6. The molecule has 0 saturated carbocycles. The number of hydrogen-bond donors (Lipinski definition) is 2.